The Morgan fingerprint density at radius 1 is 1.04 bits per heavy atom. The second-order valence-electron chi connectivity index (χ2n) is 7.09. The molecule has 3 N–H and O–H groups in total. The van der Waals surface area contributed by atoms with Crippen molar-refractivity contribution in [2.75, 3.05) is 6.54 Å². The highest BCUT2D eigenvalue weighted by Crippen LogP contribution is 2.48. The number of carbonyl (C=O) groups is 1. The molecule has 2 aromatic rings. The Kier molecular flexibility index (Phi) is 6.26. The molecule has 0 aromatic heterocycles. The van der Waals surface area contributed by atoms with E-state index in [2.05, 4.69) is 43.4 Å². The third-order valence-electron chi connectivity index (χ3n) is 5.02. The van der Waals surface area contributed by atoms with Crippen LogP contribution >= 0.6 is 12.4 Å². The van der Waals surface area contributed by atoms with Gasteiger partial charge in [-0.25, -0.2) is 0 Å². The van der Waals surface area contributed by atoms with Crippen molar-refractivity contribution in [2.24, 2.45) is 5.73 Å². The average Bonchev–Trinajstić information content (AvgIpc) is 3.42. The molecular formula is C21H27ClN2O. The summed E-state index contributed by atoms with van der Waals surface area (Å²) in [7, 11) is 0. The number of hydrogen-bond donors (Lipinski definition) is 2. The molecule has 1 amide bonds. The molecule has 0 aliphatic heterocycles. The maximum Gasteiger partial charge on any atom is 0.230 e. The molecule has 1 fully saturated rings. The second kappa shape index (κ2) is 8.03. The number of amides is 1. The summed E-state index contributed by atoms with van der Waals surface area (Å²) in [6, 6.07) is 18.2. The van der Waals surface area contributed by atoms with Crippen LogP contribution in [-0.4, -0.2) is 12.5 Å². The smallest absolute Gasteiger partial charge is 0.230 e. The van der Waals surface area contributed by atoms with Crippen LogP contribution in [0.4, 0.5) is 0 Å². The minimum Gasteiger partial charge on any atom is -0.353 e. The van der Waals surface area contributed by atoms with Gasteiger partial charge < -0.3 is 11.1 Å². The van der Waals surface area contributed by atoms with E-state index in [9.17, 15) is 4.79 Å². The van der Waals surface area contributed by atoms with E-state index >= 15 is 0 Å². The van der Waals surface area contributed by atoms with Gasteiger partial charge in [-0.2, -0.15) is 0 Å². The van der Waals surface area contributed by atoms with Crippen LogP contribution < -0.4 is 11.1 Å². The van der Waals surface area contributed by atoms with E-state index in [0.29, 0.717) is 12.5 Å². The van der Waals surface area contributed by atoms with Crippen LogP contribution in [0.15, 0.2) is 54.6 Å². The lowest BCUT2D eigenvalue weighted by Gasteiger charge is -2.19. The average molecular weight is 359 g/mol. The van der Waals surface area contributed by atoms with Gasteiger partial charge in [0.1, 0.15) is 0 Å². The zero-order chi connectivity index (χ0) is 17.2. The normalized spacial score (nSPS) is 16.0. The Labute approximate surface area is 156 Å². The predicted molar refractivity (Wildman–Crippen MR) is 105 cm³/mol. The van der Waals surface area contributed by atoms with Crippen LogP contribution in [0, 0.1) is 0 Å². The number of carbonyl (C=O) groups excluding carboxylic acids is 1. The molecule has 1 aliphatic rings. The van der Waals surface area contributed by atoms with E-state index in [1.165, 1.54) is 5.56 Å². The minimum absolute atomic E-state index is 0. The van der Waals surface area contributed by atoms with Crippen molar-refractivity contribution in [3.63, 3.8) is 0 Å². The van der Waals surface area contributed by atoms with Gasteiger partial charge in [0.25, 0.3) is 0 Å². The number of benzene rings is 2. The molecular weight excluding hydrogens is 332 g/mol. The largest absolute Gasteiger partial charge is 0.353 e. The highest BCUT2D eigenvalue weighted by molar-refractivity contribution is 5.91. The number of rotatable bonds is 6. The lowest BCUT2D eigenvalue weighted by Crippen LogP contribution is -2.38. The fourth-order valence-electron chi connectivity index (χ4n) is 3.15. The van der Waals surface area contributed by atoms with E-state index in [-0.39, 0.29) is 29.8 Å². The molecule has 3 nitrogen and oxygen atoms in total. The third kappa shape index (κ3) is 4.23. The van der Waals surface area contributed by atoms with Gasteiger partial charge in [0.2, 0.25) is 5.91 Å². The molecule has 0 heterocycles. The lowest BCUT2D eigenvalue weighted by atomic mass is 9.94. The van der Waals surface area contributed by atoms with Crippen LogP contribution in [0.5, 0.6) is 0 Å². The summed E-state index contributed by atoms with van der Waals surface area (Å²) >= 11 is 0. The predicted octanol–water partition coefficient (Wildman–Crippen LogP) is 4.08. The number of halogens is 1. The molecule has 0 spiro atoms. The van der Waals surface area contributed by atoms with Crippen molar-refractivity contribution in [2.45, 2.75) is 44.1 Å². The van der Waals surface area contributed by atoms with E-state index in [1.54, 1.807) is 0 Å². The molecule has 0 radical (unpaired) electrons. The van der Waals surface area contributed by atoms with Crippen LogP contribution in [0.1, 0.15) is 55.3 Å². The van der Waals surface area contributed by atoms with E-state index in [0.717, 1.165) is 24.0 Å². The van der Waals surface area contributed by atoms with Gasteiger partial charge in [-0.3, -0.25) is 4.79 Å². The summed E-state index contributed by atoms with van der Waals surface area (Å²) < 4.78 is 0. The van der Waals surface area contributed by atoms with Crippen LogP contribution in [0.3, 0.4) is 0 Å². The Hall–Kier alpha value is -1.84. The highest BCUT2D eigenvalue weighted by Gasteiger charge is 2.50. The van der Waals surface area contributed by atoms with E-state index in [4.69, 9.17) is 5.73 Å². The molecule has 1 aliphatic carbocycles. The summed E-state index contributed by atoms with van der Waals surface area (Å²) in [4.78, 5) is 12.6. The van der Waals surface area contributed by atoms with Crippen LogP contribution in [0.2, 0.25) is 0 Å². The first-order chi connectivity index (χ1) is 11.5. The van der Waals surface area contributed by atoms with Gasteiger partial charge >= 0.3 is 0 Å². The summed E-state index contributed by atoms with van der Waals surface area (Å²) in [5, 5.41) is 3.06. The summed E-state index contributed by atoms with van der Waals surface area (Å²) in [6.45, 7) is 4.82. The van der Waals surface area contributed by atoms with Crippen molar-refractivity contribution in [1.29, 1.82) is 0 Å². The Morgan fingerprint density at radius 2 is 1.60 bits per heavy atom. The molecule has 1 atom stereocenters. The van der Waals surface area contributed by atoms with Gasteiger partial charge in [0, 0.05) is 12.6 Å². The first kappa shape index (κ1) is 19.5. The van der Waals surface area contributed by atoms with Crippen molar-refractivity contribution in [3.05, 3.63) is 71.3 Å². The fourth-order valence-corrected chi connectivity index (χ4v) is 3.15. The molecule has 2 aromatic carbocycles. The molecule has 1 unspecified atom stereocenters. The monoisotopic (exact) mass is 358 g/mol. The zero-order valence-corrected chi connectivity index (χ0v) is 15.7. The number of nitrogens with one attached hydrogen (secondary N) is 1. The summed E-state index contributed by atoms with van der Waals surface area (Å²) in [6.07, 6.45) is 1.84. The Balaban J connectivity index is 0.00000225. The maximum absolute atomic E-state index is 12.6. The minimum atomic E-state index is -0.331. The topological polar surface area (TPSA) is 55.1 Å². The maximum atomic E-state index is 12.6. The molecule has 25 heavy (non-hydrogen) atoms. The molecule has 0 saturated heterocycles. The zero-order valence-electron chi connectivity index (χ0n) is 14.9. The highest BCUT2D eigenvalue weighted by atomic mass is 35.5. The second-order valence-corrected chi connectivity index (χ2v) is 7.09. The Bertz CT molecular complexity index is 694. The van der Waals surface area contributed by atoms with E-state index < -0.39 is 0 Å². The van der Waals surface area contributed by atoms with Gasteiger partial charge in [0.05, 0.1) is 5.41 Å². The molecule has 134 valence electrons. The number of hydrogen-bond acceptors (Lipinski definition) is 2. The lowest BCUT2D eigenvalue weighted by molar-refractivity contribution is -0.123. The molecule has 3 rings (SSSR count). The molecule has 0 bridgehead atoms. The Morgan fingerprint density at radius 3 is 2.12 bits per heavy atom. The van der Waals surface area contributed by atoms with Crippen LogP contribution in [-0.2, 0) is 10.2 Å². The van der Waals surface area contributed by atoms with Gasteiger partial charge in [-0.05, 0) is 35.4 Å². The first-order valence-corrected chi connectivity index (χ1v) is 8.72. The van der Waals surface area contributed by atoms with Gasteiger partial charge in [-0.1, -0.05) is 68.4 Å². The van der Waals surface area contributed by atoms with Crippen LogP contribution in [0.25, 0.3) is 0 Å². The fraction of sp³-hybridized carbons (Fsp3) is 0.381. The first-order valence-electron chi connectivity index (χ1n) is 8.72. The SMILES string of the molecule is CC(C)c1ccc(C(N)CNC(=O)C2(c3ccccc3)CC2)cc1.Cl. The number of nitrogens with two attached hydrogens (primary N) is 1. The standard InChI is InChI=1S/C21H26N2O.ClH/c1-15(2)16-8-10-17(11-9-16)19(22)14-23-20(24)21(12-13-21)18-6-4-3-5-7-18;/h3-11,15,19H,12-14,22H2,1-2H3,(H,23,24);1H. The van der Waals surface area contributed by atoms with E-state index in [1.807, 2.05) is 30.3 Å². The third-order valence-corrected chi connectivity index (χ3v) is 5.02. The van der Waals surface area contributed by atoms with Crippen molar-refractivity contribution >= 4 is 18.3 Å². The molecule has 4 heteroatoms. The van der Waals surface area contributed by atoms with Crippen molar-refractivity contribution in [1.82, 2.24) is 5.32 Å². The van der Waals surface area contributed by atoms with Gasteiger partial charge in [-0.15, -0.1) is 12.4 Å². The summed E-state index contributed by atoms with van der Waals surface area (Å²) in [5.74, 6) is 0.610. The van der Waals surface area contributed by atoms with Gasteiger partial charge in [0.15, 0.2) is 0 Å². The van der Waals surface area contributed by atoms with Crippen molar-refractivity contribution in [3.8, 4) is 0 Å². The van der Waals surface area contributed by atoms with Crippen molar-refractivity contribution < 1.29 is 4.79 Å². The molecule has 1 saturated carbocycles. The quantitative estimate of drug-likeness (QED) is 0.817. The summed E-state index contributed by atoms with van der Waals surface area (Å²) in [5.41, 5.74) is 9.40.